The fraction of sp³-hybridized carbons (Fsp3) is 0.333. The number of halogens is 1. The van der Waals surface area contributed by atoms with Crippen LogP contribution in [0.15, 0.2) is 42.4 Å². The number of hydrogen-bond donors (Lipinski definition) is 3. The molecule has 0 saturated heterocycles. The van der Waals surface area contributed by atoms with Gasteiger partial charge in [-0.2, -0.15) is 0 Å². The van der Waals surface area contributed by atoms with Crippen LogP contribution in [-0.2, 0) is 0 Å². The first-order chi connectivity index (χ1) is 9.13. The molecule has 0 radical (unpaired) electrons. The fourth-order valence-electron chi connectivity index (χ4n) is 1.44. The van der Waals surface area contributed by atoms with E-state index in [0.29, 0.717) is 12.4 Å². The molecule has 3 N–H and O–H groups in total. The van der Waals surface area contributed by atoms with E-state index in [1.165, 1.54) is 0 Å². The molecule has 0 aliphatic carbocycles. The highest BCUT2D eigenvalue weighted by Gasteiger charge is 2.08. The van der Waals surface area contributed by atoms with Crippen LogP contribution in [0.5, 0.6) is 0 Å². The third kappa shape index (κ3) is 6.08. The van der Waals surface area contributed by atoms with Crippen LogP contribution in [0.2, 0.25) is 0 Å². The Labute approximate surface area is 116 Å². The van der Waals surface area contributed by atoms with Gasteiger partial charge >= 0.3 is 0 Å². The second kappa shape index (κ2) is 8.34. The highest BCUT2D eigenvalue weighted by Crippen LogP contribution is 2.10. The summed E-state index contributed by atoms with van der Waals surface area (Å²) >= 11 is 5.50. The Bertz CT molecular complexity index is 425. The van der Waals surface area contributed by atoms with Crippen LogP contribution >= 0.6 is 11.6 Å². The molecular weight excluding hydrogens is 270 g/mol. The number of nitrogens with one attached hydrogen (secondary N) is 2. The first kappa shape index (κ1) is 15.3. The fourth-order valence-corrected chi connectivity index (χ4v) is 1.54. The van der Waals surface area contributed by atoms with Crippen LogP contribution in [0.25, 0.3) is 0 Å². The Balaban J connectivity index is 2.54. The molecule has 1 unspecified atom stereocenters. The summed E-state index contributed by atoms with van der Waals surface area (Å²) in [5, 5.41) is 25.9. The van der Waals surface area contributed by atoms with Gasteiger partial charge in [-0.05, 0) is 5.56 Å². The normalized spacial score (nSPS) is 12.8. The average Bonchev–Trinajstić information content (AvgIpc) is 2.42. The van der Waals surface area contributed by atoms with Gasteiger partial charge in [-0.25, -0.2) is 0 Å². The molecule has 0 amide bonds. The van der Waals surface area contributed by atoms with Gasteiger partial charge in [-0.1, -0.05) is 30.3 Å². The van der Waals surface area contributed by atoms with E-state index in [1.54, 1.807) is 12.1 Å². The number of alkyl halides is 1. The molecule has 0 fully saturated rings. The Hall–Kier alpha value is -1.79. The van der Waals surface area contributed by atoms with Gasteiger partial charge in [-0.15, -0.1) is 11.6 Å². The number of aliphatic hydroxyl groups is 1. The maximum absolute atomic E-state index is 10.4. The van der Waals surface area contributed by atoms with E-state index in [9.17, 15) is 15.2 Å². The molecule has 0 aliphatic rings. The summed E-state index contributed by atoms with van der Waals surface area (Å²) < 4.78 is 0. The molecular formula is C12H16ClN3O3. The van der Waals surface area contributed by atoms with E-state index < -0.39 is 11.0 Å². The van der Waals surface area contributed by atoms with E-state index in [1.807, 2.05) is 18.2 Å². The van der Waals surface area contributed by atoms with Gasteiger partial charge in [0.15, 0.2) is 5.82 Å². The summed E-state index contributed by atoms with van der Waals surface area (Å²) in [6.45, 7) is 0.564. The SMILES string of the molecule is O=[N+]([O-])C=C(NCCCl)NCC(O)c1ccccc1. The van der Waals surface area contributed by atoms with Crippen LogP contribution in [0, 0.1) is 10.1 Å². The summed E-state index contributed by atoms with van der Waals surface area (Å²) in [5.41, 5.74) is 0.743. The van der Waals surface area contributed by atoms with E-state index in [4.69, 9.17) is 11.6 Å². The second-order valence-corrected chi connectivity index (χ2v) is 4.13. The van der Waals surface area contributed by atoms with Crippen molar-refractivity contribution in [2.45, 2.75) is 6.10 Å². The van der Waals surface area contributed by atoms with Gasteiger partial charge in [-0.3, -0.25) is 10.1 Å². The largest absolute Gasteiger partial charge is 0.387 e. The lowest BCUT2D eigenvalue weighted by Gasteiger charge is -2.14. The molecule has 6 nitrogen and oxygen atoms in total. The minimum absolute atomic E-state index is 0.166. The molecule has 19 heavy (non-hydrogen) atoms. The van der Waals surface area contributed by atoms with Crippen molar-refractivity contribution in [2.75, 3.05) is 19.0 Å². The van der Waals surface area contributed by atoms with Crippen molar-refractivity contribution >= 4 is 11.6 Å². The molecule has 7 heteroatoms. The van der Waals surface area contributed by atoms with Crippen LogP contribution in [0.1, 0.15) is 11.7 Å². The maximum atomic E-state index is 10.4. The molecule has 1 atom stereocenters. The standard InChI is InChI=1S/C12H16ClN3O3/c13-6-7-14-12(9-16(18)19)15-8-11(17)10-4-2-1-3-5-10/h1-5,9,11,14-15,17H,6-8H2. The van der Waals surface area contributed by atoms with Crippen molar-refractivity contribution in [1.82, 2.24) is 10.6 Å². The summed E-state index contributed by atoms with van der Waals surface area (Å²) in [4.78, 5) is 9.87. The van der Waals surface area contributed by atoms with Crippen molar-refractivity contribution in [3.63, 3.8) is 0 Å². The van der Waals surface area contributed by atoms with Crippen molar-refractivity contribution in [2.24, 2.45) is 0 Å². The maximum Gasteiger partial charge on any atom is 0.274 e. The molecule has 0 aliphatic heterocycles. The topological polar surface area (TPSA) is 87.4 Å². The Kier molecular flexibility index (Phi) is 6.70. The third-order valence-electron chi connectivity index (χ3n) is 2.31. The molecule has 104 valence electrons. The average molecular weight is 286 g/mol. The van der Waals surface area contributed by atoms with Gasteiger partial charge in [0.05, 0.1) is 11.0 Å². The van der Waals surface area contributed by atoms with E-state index in [-0.39, 0.29) is 12.4 Å². The number of nitro groups is 1. The van der Waals surface area contributed by atoms with Gasteiger partial charge in [0.1, 0.15) is 0 Å². The van der Waals surface area contributed by atoms with Crippen LogP contribution < -0.4 is 10.6 Å². The van der Waals surface area contributed by atoms with Crippen molar-refractivity contribution in [1.29, 1.82) is 0 Å². The van der Waals surface area contributed by atoms with Crippen molar-refractivity contribution in [3.05, 3.63) is 58.0 Å². The zero-order valence-corrected chi connectivity index (χ0v) is 11.0. The first-order valence-electron chi connectivity index (χ1n) is 5.75. The lowest BCUT2D eigenvalue weighted by atomic mass is 10.1. The molecule has 0 heterocycles. The Morgan fingerprint density at radius 1 is 1.42 bits per heavy atom. The molecule has 0 bridgehead atoms. The zero-order valence-electron chi connectivity index (χ0n) is 10.3. The monoisotopic (exact) mass is 285 g/mol. The van der Waals surface area contributed by atoms with Gasteiger partial charge in [0.2, 0.25) is 0 Å². The van der Waals surface area contributed by atoms with Gasteiger partial charge in [0.25, 0.3) is 6.20 Å². The van der Waals surface area contributed by atoms with E-state index in [2.05, 4.69) is 10.6 Å². The summed E-state index contributed by atoms with van der Waals surface area (Å²) in [5.74, 6) is 0.554. The molecule has 1 aromatic rings. The Morgan fingerprint density at radius 3 is 2.68 bits per heavy atom. The molecule has 0 saturated carbocycles. The summed E-state index contributed by atoms with van der Waals surface area (Å²) in [7, 11) is 0. The van der Waals surface area contributed by atoms with Crippen molar-refractivity contribution in [3.8, 4) is 0 Å². The van der Waals surface area contributed by atoms with E-state index in [0.717, 1.165) is 11.8 Å². The van der Waals surface area contributed by atoms with Crippen LogP contribution in [0.3, 0.4) is 0 Å². The molecule has 0 spiro atoms. The zero-order chi connectivity index (χ0) is 14.1. The smallest absolute Gasteiger partial charge is 0.274 e. The van der Waals surface area contributed by atoms with Crippen LogP contribution in [-0.4, -0.2) is 29.0 Å². The van der Waals surface area contributed by atoms with Crippen LogP contribution in [0.4, 0.5) is 0 Å². The first-order valence-corrected chi connectivity index (χ1v) is 6.29. The summed E-state index contributed by atoms with van der Waals surface area (Å²) in [6, 6.07) is 9.06. The van der Waals surface area contributed by atoms with Crippen molar-refractivity contribution < 1.29 is 10.0 Å². The highest BCUT2D eigenvalue weighted by molar-refractivity contribution is 6.18. The molecule has 0 aromatic heterocycles. The number of hydrogen-bond acceptors (Lipinski definition) is 5. The minimum atomic E-state index is -0.742. The van der Waals surface area contributed by atoms with Gasteiger partial charge < -0.3 is 15.7 Å². The predicted molar refractivity (Wildman–Crippen MR) is 73.2 cm³/mol. The summed E-state index contributed by atoms with van der Waals surface area (Å²) in [6.07, 6.45) is 0.0683. The quantitative estimate of drug-likeness (QED) is 0.380. The number of nitrogens with zero attached hydrogens (tertiary/aromatic N) is 1. The lowest BCUT2D eigenvalue weighted by Crippen LogP contribution is -2.31. The van der Waals surface area contributed by atoms with Gasteiger partial charge in [0, 0.05) is 19.0 Å². The lowest BCUT2D eigenvalue weighted by molar-refractivity contribution is -0.404. The minimum Gasteiger partial charge on any atom is -0.387 e. The number of aliphatic hydroxyl groups excluding tert-OH is 1. The third-order valence-corrected chi connectivity index (χ3v) is 2.50. The second-order valence-electron chi connectivity index (χ2n) is 3.75. The Morgan fingerprint density at radius 2 is 2.11 bits per heavy atom. The number of benzene rings is 1. The predicted octanol–water partition coefficient (Wildman–Crippen LogP) is 1.21. The van der Waals surface area contributed by atoms with E-state index >= 15 is 0 Å². The highest BCUT2D eigenvalue weighted by atomic mass is 35.5. The molecule has 1 aromatic carbocycles. The number of rotatable bonds is 8. The molecule has 1 rings (SSSR count).